The largest absolute Gasteiger partial charge is 0.497 e. The van der Waals surface area contributed by atoms with E-state index in [0.29, 0.717) is 26.4 Å². The number of hydrogen-bond donors (Lipinski definition) is 0. The Morgan fingerprint density at radius 2 is 0.878 bits per heavy atom. The molecule has 4 rings (SSSR count). The average Bonchev–Trinajstić information content (AvgIpc) is 3.01. The SMILES string of the molecule is CCOC(C)OCc1ccc(N(c2ccc(COC(C)OCC)cc2)c2ccc(-c3ccc(OC)cc3)cc2)cc1. The first-order valence-electron chi connectivity index (χ1n) is 14.2. The summed E-state index contributed by atoms with van der Waals surface area (Å²) in [5.41, 5.74) is 7.63. The van der Waals surface area contributed by atoms with E-state index in [-0.39, 0.29) is 12.6 Å². The number of hydrogen-bond acceptors (Lipinski definition) is 6. The standard InChI is InChI=1S/C35H41NO5/c1-6-38-26(3)40-24-28-8-16-32(17-9-28)36(33-18-10-29(11-19-33)25-41-27(4)39-7-2)34-20-12-30(13-21-34)31-14-22-35(37-5)23-15-31/h8-23,26-27H,6-7,24-25H2,1-5H3. The third kappa shape index (κ3) is 8.65. The molecule has 6 nitrogen and oxygen atoms in total. The first-order chi connectivity index (χ1) is 20.0. The van der Waals surface area contributed by atoms with Crippen LogP contribution in [0.15, 0.2) is 97.1 Å². The predicted octanol–water partition coefficient (Wildman–Crippen LogP) is 8.63. The van der Waals surface area contributed by atoms with Gasteiger partial charge in [0.1, 0.15) is 5.75 Å². The van der Waals surface area contributed by atoms with Gasteiger partial charge in [0.25, 0.3) is 0 Å². The lowest BCUT2D eigenvalue weighted by Gasteiger charge is -2.26. The van der Waals surface area contributed by atoms with Crippen LogP contribution in [0, 0.1) is 0 Å². The number of rotatable bonds is 15. The van der Waals surface area contributed by atoms with Crippen molar-refractivity contribution in [2.24, 2.45) is 0 Å². The fourth-order valence-corrected chi connectivity index (χ4v) is 4.51. The van der Waals surface area contributed by atoms with E-state index < -0.39 is 0 Å². The van der Waals surface area contributed by atoms with E-state index in [2.05, 4.69) is 89.8 Å². The summed E-state index contributed by atoms with van der Waals surface area (Å²) in [5.74, 6) is 0.846. The molecule has 4 aromatic carbocycles. The van der Waals surface area contributed by atoms with Crippen LogP contribution >= 0.6 is 0 Å². The van der Waals surface area contributed by atoms with Gasteiger partial charge in [0.2, 0.25) is 0 Å². The van der Waals surface area contributed by atoms with Gasteiger partial charge < -0.3 is 28.6 Å². The lowest BCUT2D eigenvalue weighted by Crippen LogP contribution is -2.13. The van der Waals surface area contributed by atoms with Crippen molar-refractivity contribution in [3.63, 3.8) is 0 Å². The molecule has 0 bridgehead atoms. The van der Waals surface area contributed by atoms with E-state index in [4.69, 9.17) is 23.7 Å². The van der Waals surface area contributed by atoms with Crippen molar-refractivity contribution in [3.8, 4) is 16.9 Å². The van der Waals surface area contributed by atoms with Crippen molar-refractivity contribution < 1.29 is 23.7 Å². The average molecular weight is 556 g/mol. The minimum absolute atomic E-state index is 0.237. The number of ether oxygens (including phenoxy) is 5. The first kappa shape index (κ1) is 30.3. The summed E-state index contributed by atoms with van der Waals surface area (Å²) in [7, 11) is 1.68. The van der Waals surface area contributed by atoms with Crippen molar-refractivity contribution in [3.05, 3.63) is 108 Å². The van der Waals surface area contributed by atoms with Crippen LogP contribution in [0.1, 0.15) is 38.8 Å². The number of methoxy groups -OCH3 is 1. The summed E-state index contributed by atoms with van der Waals surface area (Å²) in [5, 5.41) is 0. The molecule has 0 aliphatic rings. The molecule has 0 radical (unpaired) electrons. The molecule has 2 atom stereocenters. The molecule has 216 valence electrons. The predicted molar refractivity (Wildman–Crippen MR) is 165 cm³/mol. The molecule has 0 saturated heterocycles. The molecular formula is C35H41NO5. The van der Waals surface area contributed by atoms with E-state index in [1.165, 1.54) is 0 Å². The highest BCUT2D eigenvalue weighted by Crippen LogP contribution is 2.36. The molecular weight excluding hydrogens is 514 g/mol. The molecule has 41 heavy (non-hydrogen) atoms. The minimum atomic E-state index is -0.237. The topological polar surface area (TPSA) is 49.4 Å². The van der Waals surface area contributed by atoms with Gasteiger partial charge in [0, 0.05) is 30.3 Å². The van der Waals surface area contributed by atoms with Gasteiger partial charge in [0.05, 0.1) is 20.3 Å². The van der Waals surface area contributed by atoms with Gasteiger partial charge in [0.15, 0.2) is 12.6 Å². The van der Waals surface area contributed by atoms with E-state index in [1.807, 2.05) is 39.8 Å². The molecule has 0 saturated carbocycles. The van der Waals surface area contributed by atoms with Gasteiger partial charge in [-0.15, -0.1) is 0 Å². The highest BCUT2D eigenvalue weighted by atomic mass is 16.7. The fourth-order valence-electron chi connectivity index (χ4n) is 4.51. The third-order valence-corrected chi connectivity index (χ3v) is 6.71. The monoisotopic (exact) mass is 555 g/mol. The smallest absolute Gasteiger partial charge is 0.155 e. The van der Waals surface area contributed by atoms with Crippen molar-refractivity contribution in [1.29, 1.82) is 0 Å². The van der Waals surface area contributed by atoms with Crippen LogP contribution in [0.5, 0.6) is 5.75 Å². The Labute approximate surface area is 244 Å². The van der Waals surface area contributed by atoms with E-state index >= 15 is 0 Å². The molecule has 2 unspecified atom stereocenters. The van der Waals surface area contributed by atoms with Crippen LogP contribution in [-0.4, -0.2) is 32.9 Å². The zero-order valence-electron chi connectivity index (χ0n) is 24.7. The van der Waals surface area contributed by atoms with Crippen LogP contribution in [0.2, 0.25) is 0 Å². The Morgan fingerprint density at radius 1 is 0.512 bits per heavy atom. The second-order valence-electron chi connectivity index (χ2n) is 9.61. The number of anilines is 3. The molecule has 0 aliphatic heterocycles. The summed E-state index contributed by atoms with van der Waals surface area (Å²) in [6.45, 7) is 10.0. The second kappa shape index (κ2) is 15.4. The summed E-state index contributed by atoms with van der Waals surface area (Å²) in [6, 6.07) is 33.6. The van der Waals surface area contributed by atoms with Crippen LogP contribution in [-0.2, 0) is 32.2 Å². The first-order valence-corrected chi connectivity index (χ1v) is 14.2. The quantitative estimate of drug-likeness (QED) is 0.137. The van der Waals surface area contributed by atoms with Gasteiger partial charge >= 0.3 is 0 Å². The van der Waals surface area contributed by atoms with E-state index in [1.54, 1.807) is 7.11 Å². The van der Waals surface area contributed by atoms with Gasteiger partial charge in [-0.2, -0.15) is 0 Å². The van der Waals surface area contributed by atoms with Gasteiger partial charge in [-0.3, -0.25) is 0 Å². The number of benzene rings is 4. The van der Waals surface area contributed by atoms with Crippen molar-refractivity contribution in [2.45, 2.75) is 53.5 Å². The molecule has 4 aromatic rings. The zero-order chi connectivity index (χ0) is 29.0. The van der Waals surface area contributed by atoms with Gasteiger partial charge in [-0.05, 0) is 98.5 Å². The van der Waals surface area contributed by atoms with E-state index in [9.17, 15) is 0 Å². The highest BCUT2D eigenvalue weighted by Gasteiger charge is 2.14. The molecule has 0 aliphatic carbocycles. The van der Waals surface area contributed by atoms with Crippen LogP contribution in [0.3, 0.4) is 0 Å². The Kier molecular flexibility index (Phi) is 11.3. The summed E-state index contributed by atoms with van der Waals surface area (Å²) in [6.07, 6.45) is -0.473. The Hall–Kier alpha value is -3.68. The van der Waals surface area contributed by atoms with Crippen LogP contribution in [0.25, 0.3) is 11.1 Å². The van der Waals surface area contributed by atoms with Crippen molar-refractivity contribution in [2.75, 3.05) is 25.2 Å². The molecule has 0 aromatic heterocycles. The molecule has 6 heteroatoms. The fraction of sp³-hybridized carbons (Fsp3) is 0.314. The summed E-state index contributed by atoms with van der Waals surface area (Å²) >= 11 is 0. The Bertz CT molecular complexity index is 1250. The lowest BCUT2D eigenvalue weighted by molar-refractivity contribution is -0.134. The minimum Gasteiger partial charge on any atom is -0.497 e. The highest BCUT2D eigenvalue weighted by molar-refractivity contribution is 5.78. The van der Waals surface area contributed by atoms with Gasteiger partial charge in [-0.25, -0.2) is 0 Å². The maximum Gasteiger partial charge on any atom is 0.155 e. The maximum atomic E-state index is 5.81. The van der Waals surface area contributed by atoms with E-state index in [0.717, 1.165) is 45.1 Å². The summed E-state index contributed by atoms with van der Waals surface area (Å²) in [4.78, 5) is 2.25. The normalized spacial score (nSPS) is 12.6. The lowest BCUT2D eigenvalue weighted by atomic mass is 10.0. The van der Waals surface area contributed by atoms with Crippen LogP contribution < -0.4 is 9.64 Å². The molecule has 0 heterocycles. The second-order valence-corrected chi connectivity index (χ2v) is 9.61. The molecule has 0 N–H and O–H groups in total. The number of nitrogens with zero attached hydrogens (tertiary/aromatic N) is 1. The Balaban J connectivity index is 1.58. The molecule has 0 fully saturated rings. The molecule has 0 spiro atoms. The Morgan fingerprint density at radius 3 is 1.24 bits per heavy atom. The zero-order valence-corrected chi connectivity index (χ0v) is 24.7. The van der Waals surface area contributed by atoms with Crippen molar-refractivity contribution >= 4 is 17.1 Å². The van der Waals surface area contributed by atoms with Crippen LogP contribution in [0.4, 0.5) is 17.1 Å². The van der Waals surface area contributed by atoms with Crippen molar-refractivity contribution in [1.82, 2.24) is 0 Å². The third-order valence-electron chi connectivity index (χ3n) is 6.71. The maximum absolute atomic E-state index is 5.81. The molecule has 0 amide bonds. The summed E-state index contributed by atoms with van der Waals surface area (Å²) < 4.78 is 27.9. The van der Waals surface area contributed by atoms with Gasteiger partial charge in [-0.1, -0.05) is 48.5 Å².